The van der Waals surface area contributed by atoms with Crippen molar-refractivity contribution in [2.45, 2.75) is 12.5 Å². The van der Waals surface area contributed by atoms with Crippen LogP contribution in [0.15, 0.2) is 40.8 Å². The summed E-state index contributed by atoms with van der Waals surface area (Å²) in [6, 6.07) is 5.43. The molecular weight excluding hydrogens is 419 g/mol. The van der Waals surface area contributed by atoms with Crippen LogP contribution >= 0.6 is 23.2 Å². The van der Waals surface area contributed by atoms with Gasteiger partial charge < -0.3 is 29.6 Å². The minimum Gasteiger partial charge on any atom is -1.00 e. The van der Waals surface area contributed by atoms with Crippen LogP contribution in [0.25, 0.3) is 0 Å². The standard InChI is InChI=1S/C14H14Cl2N2O.2ClH.Zn/c1-2-7-19-13(14-17-5-6-18-14)8-10-3-4-11(15)9-12(10)16;;;/h2-5,9,13H,1,6-8H2;2*1H;/q;;;+2/p-2. The molecule has 0 fully saturated rings. The van der Waals surface area contributed by atoms with E-state index in [1.807, 2.05) is 12.1 Å². The Balaban J connectivity index is 0. The molecular formula is C14H14Cl4N2OZn. The van der Waals surface area contributed by atoms with Crippen LogP contribution in [0.2, 0.25) is 10.0 Å². The fourth-order valence-electron chi connectivity index (χ4n) is 1.79. The Labute approximate surface area is 165 Å². The molecule has 116 valence electrons. The van der Waals surface area contributed by atoms with E-state index in [-0.39, 0.29) is 50.4 Å². The Morgan fingerprint density at radius 3 is 2.59 bits per heavy atom. The first-order valence-corrected chi connectivity index (χ1v) is 6.69. The quantitative estimate of drug-likeness (QED) is 0.364. The molecule has 0 amide bonds. The predicted octanol–water partition coefficient (Wildman–Crippen LogP) is -2.40. The molecule has 1 heterocycles. The van der Waals surface area contributed by atoms with Crippen molar-refractivity contribution >= 4 is 35.3 Å². The van der Waals surface area contributed by atoms with Gasteiger partial charge in [-0.3, -0.25) is 4.99 Å². The van der Waals surface area contributed by atoms with Crippen molar-refractivity contribution in [2.24, 2.45) is 9.98 Å². The molecule has 2 rings (SSSR count). The zero-order valence-corrected chi connectivity index (χ0v) is 17.8. The fourth-order valence-corrected chi connectivity index (χ4v) is 2.28. The molecule has 0 bridgehead atoms. The topological polar surface area (TPSA) is 34.0 Å². The Hall–Kier alpha value is 0.0434. The SMILES string of the molecule is C=CCOC(Cc1ccc(Cl)cc1Cl)C1=NCC=N1.[Cl-].[Cl-].[Zn+2]. The maximum absolute atomic E-state index is 6.18. The van der Waals surface area contributed by atoms with Gasteiger partial charge in [0.2, 0.25) is 0 Å². The van der Waals surface area contributed by atoms with Gasteiger partial charge in [0.15, 0.2) is 5.84 Å². The van der Waals surface area contributed by atoms with Crippen molar-refractivity contribution in [3.63, 3.8) is 0 Å². The van der Waals surface area contributed by atoms with Crippen molar-refractivity contribution in [1.82, 2.24) is 0 Å². The van der Waals surface area contributed by atoms with E-state index in [1.54, 1.807) is 18.4 Å². The Bertz CT molecular complexity index is 538. The summed E-state index contributed by atoms with van der Waals surface area (Å²) >= 11 is 12.1. The first-order chi connectivity index (χ1) is 9.20. The minimum atomic E-state index is -0.213. The van der Waals surface area contributed by atoms with Gasteiger partial charge in [-0.1, -0.05) is 35.3 Å². The Morgan fingerprint density at radius 1 is 1.32 bits per heavy atom. The van der Waals surface area contributed by atoms with Gasteiger partial charge in [0.1, 0.15) is 6.10 Å². The average Bonchev–Trinajstić information content (AvgIpc) is 2.90. The second-order valence-electron chi connectivity index (χ2n) is 4.06. The van der Waals surface area contributed by atoms with Crippen LogP contribution in [-0.4, -0.2) is 31.3 Å². The summed E-state index contributed by atoms with van der Waals surface area (Å²) in [7, 11) is 0. The maximum atomic E-state index is 6.18. The monoisotopic (exact) mass is 430 g/mol. The average molecular weight is 433 g/mol. The summed E-state index contributed by atoms with van der Waals surface area (Å²) in [6.07, 6.45) is 3.87. The van der Waals surface area contributed by atoms with Gasteiger partial charge in [-0.2, -0.15) is 0 Å². The van der Waals surface area contributed by atoms with E-state index in [4.69, 9.17) is 27.9 Å². The van der Waals surface area contributed by atoms with E-state index in [0.29, 0.717) is 35.5 Å². The molecule has 0 saturated heterocycles. The van der Waals surface area contributed by atoms with Gasteiger partial charge in [-0.15, -0.1) is 6.58 Å². The molecule has 0 spiro atoms. The second kappa shape index (κ2) is 12.5. The van der Waals surface area contributed by atoms with Crippen molar-refractivity contribution in [3.8, 4) is 0 Å². The molecule has 0 aliphatic carbocycles. The van der Waals surface area contributed by atoms with E-state index in [1.165, 1.54) is 0 Å². The van der Waals surface area contributed by atoms with Gasteiger partial charge in [0, 0.05) is 22.7 Å². The minimum absolute atomic E-state index is 0. The number of ether oxygens (including phenoxy) is 1. The van der Waals surface area contributed by atoms with Crippen molar-refractivity contribution < 1.29 is 49.0 Å². The number of aliphatic imine (C=N–C) groups is 2. The number of amidine groups is 1. The summed E-state index contributed by atoms with van der Waals surface area (Å²) < 4.78 is 5.71. The van der Waals surface area contributed by atoms with E-state index >= 15 is 0 Å². The molecule has 22 heavy (non-hydrogen) atoms. The van der Waals surface area contributed by atoms with Crippen LogP contribution in [0, 0.1) is 0 Å². The number of rotatable bonds is 6. The summed E-state index contributed by atoms with van der Waals surface area (Å²) in [4.78, 5) is 8.53. The van der Waals surface area contributed by atoms with E-state index < -0.39 is 0 Å². The molecule has 1 atom stereocenters. The molecule has 0 saturated carbocycles. The van der Waals surface area contributed by atoms with Crippen LogP contribution in [-0.2, 0) is 30.6 Å². The normalized spacial score (nSPS) is 13.3. The van der Waals surface area contributed by atoms with Crippen LogP contribution in [0.1, 0.15) is 5.56 Å². The predicted molar refractivity (Wildman–Crippen MR) is 80.9 cm³/mol. The first-order valence-electron chi connectivity index (χ1n) is 5.94. The van der Waals surface area contributed by atoms with Crippen molar-refractivity contribution in [3.05, 3.63) is 46.5 Å². The molecule has 0 N–H and O–H groups in total. The van der Waals surface area contributed by atoms with Crippen LogP contribution in [0.5, 0.6) is 0 Å². The Morgan fingerprint density at radius 2 is 2.05 bits per heavy atom. The summed E-state index contributed by atoms with van der Waals surface area (Å²) in [5, 5.41) is 1.25. The molecule has 1 aromatic carbocycles. The third-order valence-electron chi connectivity index (χ3n) is 2.68. The fraction of sp³-hybridized carbons (Fsp3) is 0.286. The number of halogens is 4. The molecule has 3 nitrogen and oxygen atoms in total. The zero-order valence-electron chi connectivity index (χ0n) is 11.8. The Kier molecular flexibility index (Phi) is 13.8. The van der Waals surface area contributed by atoms with Crippen molar-refractivity contribution in [2.75, 3.05) is 13.2 Å². The molecule has 0 aromatic heterocycles. The van der Waals surface area contributed by atoms with Crippen LogP contribution in [0.4, 0.5) is 0 Å². The van der Waals surface area contributed by atoms with E-state index in [9.17, 15) is 0 Å². The van der Waals surface area contributed by atoms with E-state index in [2.05, 4.69) is 16.6 Å². The summed E-state index contributed by atoms with van der Waals surface area (Å²) in [5.74, 6) is 0.702. The smallest absolute Gasteiger partial charge is 1.00 e. The van der Waals surface area contributed by atoms with Gasteiger partial charge in [0.25, 0.3) is 0 Å². The molecule has 1 aliphatic heterocycles. The van der Waals surface area contributed by atoms with Gasteiger partial charge in [0.05, 0.1) is 13.2 Å². The summed E-state index contributed by atoms with van der Waals surface area (Å²) in [6.45, 7) is 4.71. The van der Waals surface area contributed by atoms with Gasteiger partial charge in [-0.25, -0.2) is 4.99 Å². The zero-order chi connectivity index (χ0) is 13.7. The maximum Gasteiger partial charge on any atom is 2.00 e. The van der Waals surface area contributed by atoms with Crippen LogP contribution < -0.4 is 24.8 Å². The first kappa shape index (κ1) is 24.3. The third kappa shape index (κ3) is 7.08. The third-order valence-corrected chi connectivity index (χ3v) is 3.27. The van der Waals surface area contributed by atoms with Crippen LogP contribution in [0.3, 0.4) is 0 Å². The van der Waals surface area contributed by atoms with E-state index in [0.717, 1.165) is 5.56 Å². The summed E-state index contributed by atoms with van der Waals surface area (Å²) in [5.41, 5.74) is 0.963. The van der Waals surface area contributed by atoms with Crippen molar-refractivity contribution in [1.29, 1.82) is 0 Å². The van der Waals surface area contributed by atoms with Gasteiger partial charge in [-0.05, 0) is 17.7 Å². The number of hydrogen-bond acceptors (Lipinski definition) is 3. The second-order valence-corrected chi connectivity index (χ2v) is 4.90. The molecule has 1 aromatic rings. The molecule has 1 aliphatic rings. The number of benzene rings is 1. The molecule has 0 radical (unpaired) electrons. The number of nitrogens with zero attached hydrogens (tertiary/aromatic N) is 2. The number of hydrogen-bond donors (Lipinski definition) is 0. The van der Waals surface area contributed by atoms with Gasteiger partial charge >= 0.3 is 19.5 Å². The molecule has 1 unspecified atom stereocenters. The molecule has 8 heteroatoms. The largest absolute Gasteiger partial charge is 2.00 e.